The Labute approximate surface area is 132 Å². The monoisotopic (exact) mass is 346 g/mol. The zero-order valence-corrected chi connectivity index (χ0v) is 13.1. The van der Waals surface area contributed by atoms with Gasteiger partial charge in [-0.05, 0) is 43.2 Å². The van der Waals surface area contributed by atoms with Crippen molar-refractivity contribution in [3.05, 3.63) is 29.8 Å². The molecule has 0 radical (unpaired) electrons. The Kier molecular flexibility index (Phi) is 5.30. The Balaban J connectivity index is 1.96. The van der Waals surface area contributed by atoms with Crippen LogP contribution < -0.4 is 10.2 Å². The summed E-state index contributed by atoms with van der Waals surface area (Å²) in [5.74, 6) is -1.15. The molecule has 23 heavy (non-hydrogen) atoms. The number of alkyl halides is 2. The van der Waals surface area contributed by atoms with E-state index >= 15 is 0 Å². The number of amides is 1. The number of ether oxygens (including phenoxy) is 1. The largest absolute Gasteiger partial charge is 0.435 e. The lowest BCUT2D eigenvalue weighted by molar-refractivity contribution is -0.124. The highest BCUT2D eigenvalue weighted by Gasteiger charge is 2.32. The second-order valence-electron chi connectivity index (χ2n) is 5.18. The molecule has 0 aromatic heterocycles. The third kappa shape index (κ3) is 4.98. The highest BCUT2D eigenvalue weighted by atomic mass is 32.2. The van der Waals surface area contributed by atoms with Crippen molar-refractivity contribution in [3.63, 3.8) is 0 Å². The molecule has 0 aliphatic carbocycles. The van der Waals surface area contributed by atoms with E-state index in [1.165, 1.54) is 24.3 Å². The predicted molar refractivity (Wildman–Crippen MR) is 80.2 cm³/mol. The summed E-state index contributed by atoms with van der Waals surface area (Å²) in [5.41, 5.74) is 3.42. The molecule has 1 N–H and O–H groups in total. The third-order valence-electron chi connectivity index (χ3n) is 3.43. The molecule has 1 aromatic rings. The highest BCUT2D eigenvalue weighted by Crippen LogP contribution is 2.18. The number of hydrogen-bond donors (Lipinski definition) is 1. The van der Waals surface area contributed by atoms with Crippen LogP contribution in [0.1, 0.15) is 18.9 Å². The number of benzene rings is 1. The lowest BCUT2D eigenvalue weighted by Crippen LogP contribution is -2.28. The molecule has 126 valence electrons. The van der Waals surface area contributed by atoms with E-state index in [4.69, 9.17) is 0 Å². The van der Waals surface area contributed by atoms with Crippen molar-refractivity contribution < 1.29 is 26.7 Å². The average Bonchev–Trinajstić information content (AvgIpc) is 2.85. The van der Waals surface area contributed by atoms with Gasteiger partial charge in [-0.2, -0.15) is 13.9 Å². The van der Waals surface area contributed by atoms with E-state index in [0.29, 0.717) is 17.7 Å². The second-order valence-corrected chi connectivity index (χ2v) is 7.40. The van der Waals surface area contributed by atoms with Crippen LogP contribution in [0.3, 0.4) is 0 Å². The van der Waals surface area contributed by atoms with Gasteiger partial charge in [-0.1, -0.05) is 0 Å². The first-order chi connectivity index (χ1) is 10.8. The van der Waals surface area contributed by atoms with Gasteiger partial charge in [0, 0.05) is 0 Å². The minimum Gasteiger partial charge on any atom is -0.435 e. The summed E-state index contributed by atoms with van der Waals surface area (Å²) in [6.45, 7) is -1.26. The minimum absolute atomic E-state index is 0.0133. The summed E-state index contributed by atoms with van der Waals surface area (Å²) in [6, 6.07) is 5.79. The zero-order valence-electron chi connectivity index (χ0n) is 12.3. The Morgan fingerprint density at radius 2 is 2.00 bits per heavy atom. The average molecular weight is 346 g/mol. The van der Waals surface area contributed by atoms with Gasteiger partial charge in [-0.25, -0.2) is 13.8 Å². The van der Waals surface area contributed by atoms with E-state index in [9.17, 15) is 22.0 Å². The molecule has 1 atom stereocenters. The van der Waals surface area contributed by atoms with Gasteiger partial charge in [0.15, 0.2) is 9.84 Å². The molecule has 1 amide bonds. The number of sulfone groups is 1. The summed E-state index contributed by atoms with van der Waals surface area (Å²) < 4.78 is 51.0. The summed E-state index contributed by atoms with van der Waals surface area (Å²) >= 11 is 0. The van der Waals surface area contributed by atoms with Crippen LogP contribution in [-0.4, -0.2) is 38.2 Å². The van der Waals surface area contributed by atoms with E-state index in [-0.39, 0.29) is 17.3 Å². The van der Waals surface area contributed by atoms with E-state index in [1.54, 1.807) is 6.92 Å². The second kappa shape index (κ2) is 7.03. The minimum atomic E-state index is -3.13. The molecule has 0 unspecified atom stereocenters. The van der Waals surface area contributed by atoms with Gasteiger partial charge in [-0.3, -0.25) is 4.79 Å². The number of carbonyl (C=O) groups is 1. The van der Waals surface area contributed by atoms with Crippen LogP contribution in [0.4, 0.5) is 8.78 Å². The van der Waals surface area contributed by atoms with E-state index < -0.39 is 28.3 Å². The first-order valence-corrected chi connectivity index (χ1v) is 8.69. The van der Waals surface area contributed by atoms with Gasteiger partial charge in [0.2, 0.25) is 5.91 Å². The first kappa shape index (κ1) is 17.3. The maximum absolute atomic E-state index is 12.1. The van der Waals surface area contributed by atoms with Gasteiger partial charge in [0.25, 0.3) is 0 Å². The van der Waals surface area contributed by atoms with Gasteiger partial charge in [-0.15, -0.1) is 0 Å². The van der Waals surface area contributed by atoms with Crippen molar-refractivity contribution in [1.29, 1.82) is 0 Å². The summed E-state index contributed by atoms with van der Waals surface area (Å²) in [5, 5.41) is 3.91. The molecule has 0 spiro atoms. The number of rotatable bonds is 5. The molecule has 1 heterocycles. The number of hydrogen-bond acceptors (Lipinski definition) is 5. The molecule has 9 heteroatoms. The Hall–Kier alpha value is -2.03. The quantitative estimate of drug-likeness (QED) is 0.648. The molecular formula is C14H16F2N2O4S. The molecule has 1 fully saturated rings. The lowest BCUT2D eigenvalue weighted by atomic mass is 10.1. The molecular weight excluding hydrogens is 330 g/mol. The topological polar surface area (TPSA) is 84.8 Å². The van der Waals surface area contributed by atoms with E-state index in [0.717, 1.165) is 0 Å². The van der Waals surface area contributed by atoms with Crippen LogP contribution in [0.2, 0.25) is 0 Å². The molecule has 1 saturated heterocycles. The molecule has 1 aromatic carbocycles. The third-order valence-corrected chi connectivity index (χ3v) is 5.20. The number of halogens is 2. The number of nitrogens with one attached hydrogen (secondary N) is 1. The predicted octanol–water partition coefficient (Wildman–Crippen LogP) is 1.56. The summed E-state index contributed by atoms with van der Waals surface area (Å²) in [4.78, 5) is 11.9. The van der Waals surface area contributed by atoms with Crippen molar-refractivity contribution in [2.75, 3.05) is 11.5 Å². The summed E-state index contributed by atoms with van der Waals surface area (Å²) in [6.07, 6.45) is 0.294. The zero-order chi connectivity index (χ0) is 17.0. The number of hydrazone groups is 1. The fourth-order valence-corrected chi connectivity index (χ4v) is 3.92. The van der Waals surface area contributed by atoms with Crippen LogP contribution in [0.5, 0.6) is 5.75 Å². The van der Waals surface area contributed by atoms with Gasteiger partial charge < -0.3 is 4.74 Å². The van der Waals surface area contributed by atoms with Crippen molar-refractivity contribution in [2.24, 2.45) is 11.0 Å². The smallest absolute Gasteiger partial charge is 0.387 e. The maximum atomic E-state index is 12.1. The molecule has 0 saturated carbocycles. The van der Waals surface area contributed by atoms with Gasteiger partial charge in [0.05, 0.1) is 23.1 Å². The van der Waals surface area contributed by atoms with Crippen LogP contribution >= 0.6 is 0 Å². The molecule has 0 bridgehead atoms. The first-order valence-electron chi connectivity index (χ1n) is 6.86. The van der Waals surface area contributed by atoms with Crippen molar-refractivity contribution in [3.8, 4) is 5.75 Å². The normalized spacial score (nSPS) is 20.5. The Morgan fingerprint density at radius 3 is 2.52 bits per heavy atom. The van der Waals surface area contributed by atoms with Gasteiger partial charge >= 0.3 is 6.61 Å². The standard InChI is InChI=1S/C14H16F2N2O4S/c1-9(10-2-4-12(5-3-10)22-14(15)16)17-18-13(19)11-6-7-23(20,21)8-11/h2-5,11,14H,6-8H2,1H3,(H,18,19)/b17-9-/t11-/m1/s1. The number of carbonyl (C=O) groups excluding carboxylic acids is 1. The van der Waals surface area contributed by atoms with E-state index in [1.807, 2.05) is 0 Å². The van der Waals surface area contributed by atoms with Crippen molar-refractivity contribution >= 4 is 21.5 Å². The van der Waals surface area contributed by atoms with E-state index in [2.05, 4.69) is 15.3 Å². The Bertz CT molecular complexity index is 702. The van der Waals surface area contributed by atoms with Crippen LogP contribution in [0.15, 0.2) is 29.4 Å². The van der Waals surface area contributed by atoms with Crippen molar-refractivity contribution in [1.82, 2.24) is 5.43 Å². The molecule has 2 rings (SSSR count). The van der Waals surface area contributed by atoms with Crippen LogP contribution in [0, 0.1) is 5.92 Å². The SMILES string of the molecule is C/C(=N/NC(=O)[C@@H]1CCS(=O)(=O)C1)c1ccc(OC(F)F)cc1. The lowest BCUT2D eigenvalue weighted by Gasteiger charge is -2.08. The van der Waals surface area contributed by atoms with Gasteiger partial charge in [0.1, 0.15) is 5.75 Å². The summed E-state index contributed by atoms with van der Waals surface area (Å²) in [7, 11) is -3.13. The Morgan fingerprint density at radius 1 is 1.35 bits per heavy atom. The van der Waals surface area contributed by atoms with Crippen molar-refractivity contribution in [2.45, 2.75) is 20.0 Å². The maximum Gasteiger partial charge on any atom is 0.387 e. The number of nitrogens with zero attached hydrogens (tertiary/aromatic N) is 1. The fraction of sp³-hybridized carbons (Fsp3) is 0.429. The fourth-order valence-electron chi connectivity index (χ4n) is 2.17. The highest BCUT2D eigenvalue weighted by molar-refractivity contribution is 7.91. The molecule has 1 aliphatic heterocycles. The molecule has 6 nitrogen and oxygen atoms in total. The van der Waals surface area contributed by atoms with Crippen LogP contribution in [-0.2, 0) is 14.6 Å². The van der Waals surface area contributed by atoms with Crippen LogP contribution in [0.25, 0.3) is 0 Å². The molecule has 1 aliphatic rings.